The van der Waals surface area contributed by atoms with Crippen molar-refractivity contribution in [3.63, 3.8) is 0 Å². The third kappa shape index (κ3) is 4.99. The van der Waals surface area contributed by atoms with Gasteiger partial charge in [0.15, 0.2) is 5.03 Å². The molecule has 0 aliphatic rings. The zero-order chi connectivity index (χ0) is 19.2. The molecule has 0 aliphatic carbocycles. The van der Waals surface area contributed by atoms with Crippen LogP contribution in [0, 0.1) is 6.92 Å². The van der Waals surface area contributed by atoms with Crippen LogP contribution in [0.25, 0.3) is 5.69 Å². The molecule has 1 aromatic heterocycles. The zero-order valence-electron chi connectivity index (χ0n) is 14.7. The van der Waals surface area contributed by atoms with Crippen molar-refractivity contribution in [1.82, 2.24) is 14.9 Å². The molecule has 0 spiro atoms. The summed E-state index contributed by atoms with van der Waals surface area (Å²) in [6, 6.07) is 15.0. The van der Waals surface area contributed by atoms with Crippen molar-refractivity contribution in [2.24, 2.45) is 0 Å². The number of hydrogen-bond donors (Lipinski definition) is 1. The smallest absolute Gasteiger partial charge is 0.287 e. The van der Waals surface area contributed by atoms with Gasteiger partial charge in [-0.2, -0.15) is 0 Å². The lowest BCUT2D eigenvalue weighted by molar-refractivity contribution is -0.118. The maximum atomic E-state index is 12.6. The van der Waals surface area contributed by atoms with Gasteiger partial charge in [0.05, 0.1) is 5.75 Å². The van der Waals surface area contributed by atoms with Crippen molar-refractivity contribution in [2.75, 3.05) is 5.75 Å². The lowest BCUT2D eigenvalue weighted by Gasteiger charge is -2.08. The number of nitrogens with zero attached hydrogens (tertiary/aromatic N) is 2. The Morgan fingerprint density at radius 1 is 1.19 bits per heavy atom. The number of aryl methyl sites for hydroxylation is 1. The molecule has 1 N–H and O–H groups in total. The normalized spacial score (nSPS) is 10.6. The first-order chi connectivity index (χ1) is 13.0. The Kier molecular flexibility index (Phi) is 6.32. The fourth-order valence-corrected chi connectivity index (χ4v) is 3.35. The molecule has 0 saturated carbocycles. The Labute approximate surface area is 166 Å². The molecular weight excluding hydrogens is 382 g/mol. The molecule has 3 aromatic rings. The summed E-state index contributed by atoms with van der Waals surface area (Å²) in [5, 5.41) is 3.69. The summed E-state index contributed by atoms with van der Waals surface area (Å²) in [4.78, 5) is 28.8. The summed E-state index contributed by atoms with van der Waals surface area (Å²) in [6.45, 7) is 2.33. The predicted octanol–water partition coefficient (Wildman–Crippen LogP) is 3.60. The lowest BCUT2D eigenvalue weighted by atomic mass is 10.2. The molecule has 0 saturated heterocycles. The average Bonchev–Trinajstić information content (AvgIpc) is 2.67. The van der Waals surface area contributed by atoms with Crippen LogP contribution in [0.2, 0.25) is 5.02 Å². The summed E-state index contributed by atoms with van der Waals surface area (Å²) in [5.41, 5.74) is 2.48. The van der Waals surface area contributed by atoms with E-state index >= 15 is 0 Å². The number of rotatable bonds is 6. The summed E-state index contributed by atoms with van der Waals surface area (Å²) in [5.74, 6) is -0.0863. The van der Waals surface area contributed by atoms with Crippen LogP contribution in [-0.4, -0.2) is 21.2 Å². The highest BCUT2D eigenvalue weighted by Crippen LogP contribution is 2.15. The van der Waals surface area contributed by atoms with E-state index in [-0.39, 0.29) is 22.2 Å². The second-order valence-corrected chi connectivity index (χ2v) is 7.27. The Bertz CT molecular complexity index is 1000. The monoisotopic (exact) mass is 399 g/mol. The third-order valence-corrected chi connectivity index (χ3v) is 5.22. The van der Waals surface area contributed by atoms with Crippen LogP contribution >= 0.6 is 23.4 Å². The minimum Gasteiger partial charge on any atom is -0.351 e. The quantitative estimate of drug-likeness (QED) is 0.643. The minimum absolute atomic E-state index is 0.102. The first kappa shape index (κ1) is 19.2. The van der Waals surface area contributed by atoms with E-state index in [4.69, 9.17) is 11.6 Å². The maximum absolute atomic E-state index is 12.6. The largest absolute Gasteiger partial charge is 0.351 e. The second kappa shape index (κ2) is 8.88. The van der Waals surface area contributed by atoms with E-state index in [1.54, 1.807) is 18.5 Å². The van der Waals surface area contributed by atoms with Crippen molar-refractivity contribution in [3.05, 3.63) is 87.4 Å². The van der Waals surface area contributed by atoms with Gasteiger partial charge in [0.2, 0.25) is 5.91 Å². The number of carbonyl (C=O) groups is 1. The van der Waals surface area contributed by atoms with Crippen molar-refractivity contribution in [3.8, 4) is 5.69 Å². The SMILES string of the molecule is Cc1ccc(-n2ccnc(SCC(=O)NCc3ccccc3Cl)c2=O)cc1. The number of carbonyl (C=O) groups excluding carboxylic acids is 1. The molecule has 0 atom stereocenters. The van der Waals surface area contributed by atoms with Crippen molar-refractivity contribution < 1.29 is 4.79 Å². The van der Waals surface area contributed by atoms with Crippen LogP contribution in [0.15, 0.2) is 70.7 Å². The molecule has 3 rings (SSSR count). The second-order valence-electron chi connectivity index (χ2n) is 5.90. The number of aromatic nitrogens is 2. The van der Waals surface area contributed by atoms with E-state index in [1.165, 1.54) is 4.57 Å². The first-order valence-electron chi connectivity index (χ1n) is 8.32. The van der Waals surface area contributed by atoms with Gasteiger partial charge >= 0.3 is 0 Å². The summed E-state index contributed by atoms with van der Waals surface area (Å²) < 4.78 is 1.52. The zero-order valence-corrected chi connectivity index (χ0v) is 16.3. The maximum Gasteiger partial charge on any atom is 0.287 e. The molecular formula is C20H18ClN3O2S. The van der Waals surface area contributed by atoms with E-state index in [2.05, 4.69) is 10.3 Å². The highest BCUT2D eigenvalue weighted by Gasteiger charge is 2.10. The standard InChI is InChI=1S/C20H18ClN3O2S/c1-14-6-8-16(9-7-14)24-11-10-22-19(20(24)26)27-13-18(25)23-12-15-4-2-3-5-17(15)21/h2-11H,12-13H2,1H3,(H,23,25). The average molecular weight is 400 g/mol. The molecule has 27 heavy (non-hydrogen) atoms. The molecule has 0 unspecified atom stereocenters. The van der Waals surface area contributed by atoms with Gasteiger partial charge in [-0.15, -0.1) is 0 Å². The van der Waals surface area contributed by atoms with Gasteiger partial charge in [0.25, 0.3) is 5.56 Å². The third-order valence-electron chi connectivity index (χ3n) is 3.90. The first-order valence-corrected chi connectivity index (χ1v) is 9.68. The molecule has 7 heteroatoms. The predicted molar refractivity (Wildman–Crippen MR) is 109 cm³/mol. The van der Waals surface area contributed by atoms with Crippen molar-refractivity contribution >= 4 is 29.3 Å². The number of amides is 1. The van der Waals surface area contributed by atoms with Crippen LogP contribution in [0.5, 0.6) is 0 Å². The number of nitrogens with one attached hydrogen (secondary N) is 1. The van der Waals surface area contributed by atoms with Crippen LogP contribution in [-0.2, 0) is 11.3 Å². The Morgan fingerprint density at radius 3 is 2.67 bits per heavy atom. The highest BCUT2D eigenvalue weighted by molar-refractivity contribution is 7.99. The van der Waals surface area contributed by atoms with E-state index in [0.717, 1.165) is 28.6 Å². The molecule has 0 radical (unpaired) electrons. The molecule has 0 fully saturated rings. The Balaban J connectivity index is 1.63. The summed E-state index contributed by atoms with van der Waals surface area (Å²) >= 11 is 7.19. The number of halogens is 1. The van der Waals surface area contributed by atoms with E-state index < -0.39 is 0 Å². The van der Waals surface area contributed by atoms with Gasteiger partial charge in [-0.25, -0.2) is 4.98 Å². The fourth-order valence-electron chi connectivity index (χ4n) is 2.42. The van der Waals surface area contributed by atoms with E-state index in [9.17, 15) is 9.59 Å². The number of hydrogen-bond acceptors (Lipinski definition) is 4. The fraction of sp³-hybridized carbons (Fsp3) is 0.150. The van der Waals surface area contributed by atoms with Crippen molar-refractivity contribution in [2.45, 2.75) is 18.5 Å². The van der Waals surface area contributed by atoms with Crippen LogP contribution in [0.1, 0.15) is 11.1 Å². The topological polar surface area (TPSA) is 64.0 Å². The molecule has 0 bridgehead atoms. The van der Waals surface area contributed by atoms with Gasteiger partial charge < -0.3 is 5.32 Å². The molecule has 138 valence electrons. The summed E-state index contributed by atoms with van der Waals surface area (Å²) in [6.07, 6.45) is 3.18. The highest BCUT2D eigenvalue weighted by atomic mass is 35.5. The van der Waals surface area contributed by atoms with Gasteiger partial charge in [-0.1, -0.05) is 59.3 Å². The van der Waals surface area contributed by atoms with Crippen LogP contribution in [0.3, 0.4) is 0 Å². The number of benzene rings is 2. The van der Waals surface area contributed by atoms with Gasteiger partial charge in [0, 0.05) is 29.6 Å². The molecule has 0 aliphatic heterocycles. The van der Waals surface area contributed by atoms with Gasteiger partial charge in [-0.3, -0.25) is 14.2 Å². The van der Waals surface area contributed by atoms with Crippen molar-refractivity contribution in [1.29, 1.82) is 0 Å². The van der Waals surface area contributed by atoms with E-state index in [0.29, 0.717) is 11.6 Å². The van der Waals surface area contributed by atoms with Crippen LogP contribution < -0.4 is 10.9 Å². The molecule has 2 aromatic carbocycles. The lowest BCUT2D eigenvalue weighted by Crippen LogP contribution is -2.26. The van der Waals surface area contributed by atoms with Gasteiger partial charge in [-0.05, 0) is 30.7 Å². The molecule has 1 amide bonds. The van der Waals surface area contributed by atoms with Crippen LogP contribution in [0.4, 0.5) is 0 Å². The molecule has 1 heterocycles. The number of thioether (sulfide) groups is 1. The Morgan fingerprint density at radius 2 is 1.93 bits per heavy atom. The molecule has 5 nitrogen and oxygen atoms in total. The summed E-state index contributed by atoms with van der Waals surface area (Å²) in [7, 11) is 0. The minimum atomic E-state index is -0.245. The van der Waals surface area contributed by atoms with E-state index in [1.807, 2.05) is 49.4 Å². The van der Waals surface area contributed by atoms with Gasteiger partial charge in [0.1, 0.15) is 0 Å². The Hall–Kier alpha value is -2.57.